The third-order valence-corrected chi connectivity index (χ3v) is 5.03. The van der Waals surface area contributed by atoms with Crippen LogP contribution < -0.4 is 0 Å². The zero-order valence-corrected chi connectivity index (χ0v) is 13.1. The first-order chi connectivity index (χ1) is 9.55. The quantitative estimate of drug-likeness (QED) is 0.607. The van der Waals surface area contributed by atoms with Crippen molar-refractivity contribution >= 4 is 0 Å². The second kappa shape index (κ2) is 5.44. The predicted octanol–water partition coefficient (Wildman–Crippen LogP) is 5.78. The SMILES string of the molecule is C=C/C=C1\C(=C/C)C2(CC(C)C(C=C)=C2C=C)CC1C. The van der Waals surface area contributed by atoms with Gasteiger partial charge in [0, 0.05) is 5.41 Å². The summed E-state index contributed by atoms with van der Waals surface area (Å²) < 4.78 is 0. The summed E-state index contributed by atoms with van der Waals surface area (Å²) in [4.78, 5) is 0. The molecule has 0 heterocycles. The molecule has 0 heteroatoms. The van der Waals surface area contributed by atoms with Gasteiger partial charge in [0.25, 0.3) is 0 Å². The highest BCUT2D eigenvalue weighted by Crippen LogP contribution is 2.62. The molecule has 1 spiro atoms. The molecule has 3 atom stereocenters. The average Bonchev–Trinajstić information content (AvgIpc) is 2.84. The third-order valence-electron chi connectivity index (χ3n) is 5.03. The fraction of sp³-hybridized carbons (Fsp3) is 0.400. The Kier molecular flexibility index (Phi) is 4.04. The van der Waals surface area contributed by atoms with Crippen LogP contribution in [-0.2, 0) is 0 Å². The first-order valence-corrected chi connectivity index (χ1v) is 7.55. The lowest BCUT2D eigenvalue weighted by Crippen LogP contribution is -2.18. The first-order valence-electron chi connectivity index (χ1n) is 7.55. The standard InChI is InChI=1S/C20H26/c1-7-11-17-15(6)13-20(19(17)10-4)12-14(5)16(8-2)18(20)9-3/h7-11,14-15H,1-3,12-13H2,4-6H3/b17-11-,19-10+. The molecule has 1 fully saturated rings. The molecule has 0 radical (unpaired) electrons. The summed E-state index contributed by atoms with van der Waals surface area (Å²) >= 11 is 0. The molecule has 0 bridgehead atoms. The Bertz CT molecular complexity index is 538. The lowest BCUT2D eigenvalue weighted by Gasteiger charge is -2.29. The van der Waals surface area contributed by atoms with Crippen molar-refractivity contribution in [2.24, 2.45) is 17.3 Å². The lowest BCUT2D eigenvalue weighted by atomic mass is 9.74. The maximum Gasteiger partial charge on any atom is 0.0216 e. The average molecular weight is 266 g/mol. The van der Waals surface area contributed by atoms with E-state index in [-0.39, 0.29) is 5.41 Å². The van der Waals surface area contributed by atoms with Crippen molar-refractivity contribution in [2.45, 2.75) is 33.6 Å². The van der Waals surface area contributed by atoms with Crippen LogP contribution in [0, 0.1) is 17.3 Å². The van der Waals surface area contributed by atoms with Crippen LogP contribution in [0.3, 0.4) is 0 Å². The van der Waals surface area contributed by atoms with Gasteiger partial charge in [-0.15, -0.1) is 0 Å². The summed E-state index contributed by atoms with van der Waals surface area (Å²) in [6.45, 7) is 18.8. The van der Waals surface area contributed by atoms with Gasteiger partial charge >= 0.3 is 0 Å². The first kappa shape index (κ1) is 14.8. The molecule has 0 aromatic heterocycles. The molecule has 1 saturated carbocycles. The molecule has 106 valence electrons. The van der Waals surface area contributed by atoms with E-state index in [0.717, 1.165) is 0 Å². The van der Waals surface area contributed by atoms with E-state index in [0.29, 0.717) is 11.8 Å². The van der Waals surface area contributed by atoms with Crippen molar-refractivity contribution in [3.8, 4) is 0 Å². The molecule has 2 aliphatic carbocycles. The highest BCUT2D eigenvalue weighted by molar-refractivity contribution is 5.57. The maximum atomic E-state index is 4.09. The van der Waals surface area contributed by atoms with Crippen LogP contribution in [-0.4, -0.2) is 0 Å². The predicted molar refractivity (Wildman–Crippen MR) is 89.5 cm³/mol. The molecule has 20 heavy (non-hydrogen) atoms. The van der Waals surface area contributed by atoms with Crippen molar-refractivity contribution in [3.63, 3.8) is 0 Å². The molecule has 0 aromatic rings. The van der Waals surface area contributed by atoms with Gasteiger partial charge in [0.1, 0.15) is 0 Å². The second-order valence-electron chi connectivity index (χ2n) is 6.13. The van der Waals surface area contributed by atoms with Crippen LogP contribution in [0.1, 0.15) is 33.6 Å². The van der Waals surface area contributed by atoms with Crippen LogP contribution in [0.2, 0.25) is 0 Å². The lowest BCUT2D eigenvalue weighted by molar-refractivity contribution is 0.379. The smallest absolute Gasteiger partial charge is 0.0216 e. The number of allylic oxidation sites excluding steroid dienone is 9. The Morgan fingerprint density at radius 3 is 2.20 bits per heavy atom. The van der Waals surface area contributed by atoms with Crippen molar-refractivity contribution in [3.05, 3.63) is 72.4 Å². The normalized spacial score (nSPS) is 37.1. The van der Waals surface area contributed by atoms with Gasteiger partial charge < -0.3 is 0 Å². The molecule has 0 aliphatic heterocycles. The van der Waals surface area contributed by atoms with E-state index in [2.05, 4.69) is 58.7 Å². The molecule has 0 N–H and O–H groups in total. The molecule has 0 saturated heterocycles. The fourth-order valence-electron chi connectivity index (χ4n) is 4.47. The summed E-state index contributed by atoms with van der Waals surface area (Å²) in [5.74, 6) is 1.14. The van der Waals surface area contributed by atoms with Crippen LogP contribution >= 0.6 is 0 Å². The molecule has 0 nitrogen and oxygen atoms in total. The van der Waals surface area contributed by atoms with Gasteiger partial charge in [-0.3, -0.25) is 0 Å². The largest absolute Gasteiger partial charge is 0.0991 e. The monoisotopic (exact) mass is 266 g/mol. The summed E-state index contributed by atoms with van der Waals surface area (Å²) in [6, 6.07) is 0. The van der Waals surface area contributed by atoms with Crippen LogP contribution in [0.25, 0.3) is 0 Å². The summed E-state index contributed by atoms with van der Waals surface area (Å²) in [5.41, 5.74) is 5.84. The maximum absolute atomic E-state index is 4.09. The van der Waals surface area contributed by atoms with Gasteiger partial charge in [-0.05, 0) is 53.9 Å². The highest BCUT2D eigenvalue weighted by Gasteiger charge is 2.50. The topological polar surface area (TPSA) is 0 Å². The van der Waals surface area contributed by atoms with Crippen LogP contribution in [0.4, 0.5) is 0 Å². The van der Waals surface area contributed by atoms with E-state index >= 15 is 0 Å². The molecule has 0 aromatic carbocycles. The zero-order valence-electron chi connectivity index (χ0n) is 13.1. The number of rotatable bonds is 3. The molecule has 2 rings (SSSR count). The van der Waals surface area contributed by atoms with E-state index in [4.69, 9.17) is 0 Å². The van der Waals surface area contributed by atoms with E-state index in [1.165, 1.54) is 35.1 Å². The Morgan fingerprint density at radius 1 is 1.05 bits per heavy atom. The van der Waals surface area contributed by atoms with E-state index in [9.17, 15) is 0 Å². The number of hydrogen-bond acceptors (Lipinski definition) is 0. The van der Waals surface area contributed by atoms with Crippen molar-refractivity contribution in [1.82, 2.24) is 0 Å². The minimum atomic E-state index is 0.147. The summed E-state index contributed by atoms with van der Waals surface area (Å²) in [7, 11) is 0. The molecule has 2 aliphatic rings. The Hall–Kier alpha value is -1.56. The van der Waals surface area contributed by atoms with Gasteiger partial charge in [0.05, 0.1) is 0 Å². The molecular formula is C20H26. The summed E-state index contributed by atoms with van der Waals surface area (Å²) in [6.07, 6.45) is 12.8. The molecule has 0 amide bonds. The zero-order chi connectivity index (χ0) is 14.9. The Labute approximate surface area is 124 Å². The van der Waals surface area contributed by atoms with Crippen molar-refractivity contribution in [2.75, 3.05) is 0 Å². The van der Waals surface area contributed by atoms with E-state index in [1.54, 1.807) is 0 Å². The van der Waals surface area contributed by atoms with Crippen LogP contribution in [0.15, 0.2) is 72.4 Å². The van der Waals surface area contributed by atoms with Gasteiger partial charge in [-0.2, -0.15) is 0 Å². The van der Waals surface area contributed by atoms with Crippen molar-refractivity contribution in [1.29, 1.82) is 0 Å². The Morgan fingerprint density at radius 2 is 1.70 bits per heavy atom. The fourth-order valence-corrected chi connectivity index (χ4v) is 4.47. The second-order valence-corrected chi connectivity index (χ2v) is 6.13. The minimum absolute atomic E-state index is 0.147. The van der Waals surface area contributed by atoms with Gasteiger partial charge in [0.2, 0.25) is 0 Å². The Balaban J connectivity index is 2.65. The molecular weight excluding hydrogens is 240 g/mol. The van der Waals surface area contributed by atoms with Gasteiger partial charge in [0.15, 0.2) is 0 Å². The van der Waals surface area contributed by atoms with E-state index < -0.39 is 0 Å². The van der Waals surface area contributed by atoms with E-state index in [1.807, 2.05) is 12.2 Å². The highest BCUT2D eigenvalue weighted by atomic mass is 14.5. The van der Waals surface area contributed by atoms with Crippen molar-refractivity contribution < 1.29 is 0 Å². The minimum Gasteiger partial charge on any atom is -0.0991 e. The van der Waals surface area contributed by atoms with Crippen LogP contribution in [0.5, 0.6) is 0 Å². The third kappa shape index (κ3) is 1.90. The summed E-state index contributed by atoms with van der Waals surface area (Å²) in [5, 5.41) is 0. The number of hydrogen-bond donors (Lipinski definition) is 0. The molecule has 3 unspecified atom stereocenters. The van der Waals surface area contributed by atoms with Gasteiger partial charge in [-0.1, -0.05) is 64.0 Å². The van der Waals surface area contributed by atoms with Gasteiger partial charge in [-0.25, -0.2) is 0 Å².